The fraction of sp³-hybridized carbons (Fsp3) is 0.583. The molecule has 0 saturated heterocycles. The second-order valence-electron chi connectivity index (χ2n) is 4.36. The van der Waals surface area contributed by atoms with Crippen LogP contribution in [0.2, 0.25) is 0 Å². The maximum absolute atomic E-state index is 5.70. The maximum Gasteiger partial charge on any atom is 0.0549 e. The summed E-state index contributed by atoms with van der Waals surface area (Å²) in [5.74, 6) is 0. The number of pyridine rings is 1. The van der Waals surface area contributed by atoms with Crippen molar-refractivity contribution >= 4 is 23.1 Å². The predicted molar refractivity (Wildman–Crippen MR) is 71.8 cm³/mol. The third kappa shape index (κ3) is 3.04. The summed E-state index contributed by atoms with van der Waals surface area (Å²) in [6.07, 6.45) is 10.9. The highest BCUT2D eigenvalue weighted by Gasteiger charge is 2.20. The van der Waals surface area contributed by atoms with E-state index in [1.165, 1.54) is 25.7 Å². The molecule has 0 unspecified atom stereocenters. The van der Waals surface area contributed by atoms with Crippen molar-refractivity contribution in [2.45, 2.75) is 37.0 Å². The van der Waals surface area contributed by atoms with E-state index >= 15 is 0 Å². The molecular weight excluding hydrogens is 218 g/mol. The van der Waals surface area contributed by atoms with Crippen LogP contribution in [0.3, 0.4) is 0 Å². The Morgan fingerprint density at radius 2 is 2.06 bits per heavy atom. The molecule has 88 valence electrons. The SMILES string of the molecule is CSC1CCC(Nc2cncc(N)c2)CC1. The standard InChI is InChI=1S/C12H19N3S/c1-16-12-4-2-10(3-5-12)15-11-6-9(13)7-14-8-11/h6-8,10,12,15H,2-5,13H2,1H3. The van der Waals surface area contributed by atoms with Gasteiger partial charge in [0.1, 0.15) is 0 Å². The smallest absolute Gasteiger partial charge is 0.0549 e. The molecule has 1 aromatic heterocycles. The van der Waals surface area contributed by atoms with E-state index in [0.717, 1.165) is 16.6 Å². The molecule has 2 rings (SSSR count). The number of nitrogens with one attached hydrogen (secondary N) is 1. The molecule has 1 fully saturated rings. The zero-order valence-electron chi connectivity index (χ0n) is 9.65. The lowest BCUT2D eigenvalue weighted by atomic mass is 9.95. The van der Waals surface area contributed by atoms with E-state index in [4.69, 9.17) is 5.73 Å². The summed E-state index contributed by atoms with van der Waals surface area (Å²) in [5, 5.41) is 4.37. The summed E-state index contributed by atoms with van der Waals surface area (Å²) in [7, 11) is 0. The summed E-state index contributed by atoms with van der Waals surface area (Å²) in [4.78, 5) is 4.09. The van der Waals surface area contributed by atoms with Gasteiger partial charge in [-0.25, -0.2) is 0 Å². The summed E-state index contributed by atoms with van der Waals surface area (Å²) < 4.78 is 0. The molecule has 0 amide bonds. The van der Waals surface area contributed by atoms with Gasteiger partial charge in [-0.05, 0) is 38.0 Å². The first-order valence-corrected chi connectivity index (χ1v) is 7.06. The van der Waals surface area contributed by atoms with Gasteiger partial charge in [-0.1, -0.05) is 0 Å². The van der Waals surface area contributed by atoms with Crippen molar-refractivity contribution < 1.29 is 0 Å². The number of nitrogens with two attached hydrogens (primary N) is 1. The zero-order chi connectivity index (χ0) is 11.4. The Morgan fingerprint density at radius 3 is 2.69 bits per heavy atom. The molecule has 0 aliphatic heterocycles. The molecule has 0 bridgehead atoms. The highest BCUT2D eigenvalue weighted by molar-refractivity contribution is 7.99. The largest absolute Gasteiger partial charge is 0.397 e. The summed E-state index contributed by atoms with van der Waals surface area (Å²) in [6.45, 7) is 0. The van der Waals surface area contributed by atoms with Gasteiger partial charge in [0.2, 0.25) is 0 Å². The van der Waals surface area contributed by atoms with Gasteiger partial charge in [-0.3, -0.25) is 4.98 Å². The van der Waals surface area contributed by atoms with E-state index < -0.39 is 0 Å². The molecular formula is C12H19N3S. The number of nitrogen functional groups attached to an aromatic ring is 1. The fourth-order valence-corrected chi connectivity index (χ4v) is 2.96. The first-order chi connectivity index (χ1) is 7.78. The number of thioether (sulfide) groups is 1. The Morgan fingerprint density at radius 1 is 1.31 bits per heavy atom. The van der Waals surface area contributed by atoms with E-state index in [1.54, 1.807) is 6.20 Å². The lowest BCUT2D eigenvalue weighted by molar-refractivity contribution is 0.473. The van der Waals surface area contributed by atoms with E-state index in [1.807, 2.05) is 24.0 Å². The number of nitrogens with zero attached hydrogens (tertiary/aromatic N) is 1. The minimum atomic E-state index is 0.590. The Kier molecular flexibility index (Phi) is 3.93. The fourth-order valence-electron chi connectivity index (χ4n) is 2.22. The van der Waals surface area contributed by atoms with Gasteiger partial charge in [0.15, 0.2) is 0 Å². The van der Waals surface area contributed by atoms with Crippen LogP contribution in [0, 0.1) is 0 Å². The molecule has 1 heterocycles. The zero-order valence-corrected chi connectivity index (χ0v) is 10.5. The quantitative estimate of drug-likeness (QED) is 0.848. The van der Waals surface area contributed by atoms with Gasteiger partial charge < -0.3 is 11.1 Å². The lowest BCUT2D eigenvalue weighted by Crippen LogP contribution is -2.27. The third-order valence-electron chi connectivity index (χ3n) is 3.14. The number of hydrogen-bond donors (Lipinski definition) is 2. The van der Waals surface area contributed by atoms with E-state index in [-0.39, 0.29) is 0 Å². The molecule has 0 radical (unpaired) electrons. The molecule has 3 nitrogen and oxygen atoms in total. The summed E-state index contributed by atoms with van der Waals surface area (Å²) >= 11 is 2.00. The Labute approximate surface area is 101 Å². The maximum atomic E-state index is 5.70. The Bertz CT molecular complexity index is 335. The first-order valence-electron chi connectivity index (χ1n) is 5.78. The number of hydrogen-bond acceptors (Lipinski definition) is 4. The monoisotopic (exact) mass is 237 g/mol. The number of anilines is 2. The highest BCUT2D eigenvalue weighted by Crippen LogP contribution is 2.28. The minimum absolute atomic E-state index is 0.590. The second-order valence-corrected chi connectivity index (χ2v) is 5.50. The van der Waals surface area contributed by atoms with Crippen LogP contribution in [0.5, 0.6) is 0 Å². The number of rotatable bonds is 3. The molecule has 1 aliphatic rings. The van der Waals surface area contributed by atoms with Crippen molar-refractivity contribution in [3.8, 4) is 0 Å². The van der Waals surface area contributed by atoms with Crippen LogP contribution < -0.4 is 11.1 Å². The Hall–Kier alpha value is -0.900. The van der Waals surface area contributed by atoms with Gasteiger partial charge in [0.25, 0.3) is 0 Å². The molecule has 0 spiro atoms. The average molecular weight is 237 g/mol. The van der Waals surface area contributed by atoms with Crippen LogP contribution >= 0.6 is 11.8 Å². The van der Waals surface area contributed by atoms with E-state index in [0.29, 0.717) is 6.04 Å². The summed E-state index contributed by atoms with van der Waals surface area (Å²) in [5.41, 5.74) is 7.47. The number of aromatic nitrogens is 1. The molecule has 16 heavy (non-hydrogen) atoms. The van der Waals surface area contributed by atoms with Crippen molar-refractivity contribution in [3.63, 3.8) is 0 Å². The second kappa shape index (κ2) is 5.43. The molecule has 1 aromatic rings. The normalized spacial score (nSPS) is 25.3. The minimum Gasteiger partial charge on any atom is -0.397 e. The topological polar surface area (TPSA) is 50.9 Å². The Balaban J connectivity index is 1.87. The van der Waals surface area contributed by atoms with Crippen molar-refractivity contribution in [3.05, 3.63) is 18.5 Å². The van der Waals surface area contributed by atoms with Gasteiger partial charge in [-0.15, -0.1) is 0 Å². The van der Waals surface area contributed by atoms with E-state index in [9.17, 15) is 0 Å². The van der Waals surface area contributed by atoms with Crippen molar-refractivity contribution in [1.29, 1.82) is 0 Å². The van der Waals surface area contributed by atoms with Crippen molar-refractivity contribution in [2.24, 2.45) is 0 Å². The molecule has 1 aliphatic carbocycles. The van der Waals surface area contributed by atoms with Crippen molar-refractivity contribution in [2.75, 3.05) is 17.3 Å². The first kappa shape index (κ1) is 11.6. The third-order valence-corrected chi connectivity index (χ3v) is 4.28. The molecule has 1 saturated carbocycles. The average Bonchev–Trinajstić information content (AvgIpc) is 2.30. The van der Waals surface area contributed by atoms with Crippen LogP contribution in [0.15, 0.2) is 18.5 Å². The van der Waals surface area contributed by atoms with E-state index in [2.05, 4.69) is 16.6 Å². The van der Waals surface area contributed by atoms with Crippen LogP contribution in [0.1, 0.15) is 25.7 Å². The van der Waals surface area contributed by atoms with Crippen LogP contribution in [-0.2, 0) is 0 Å². The van der Waals surface area contributed by atoms with Crippen LogP contribution in [0.4, 0.5) is 11.4 Å². The van der Waals surface area contributed by atoms with Gasteiger partial charge in [-0.2, -0.15) is 11.8 Å². The van der Waals surface area contributed by atoms with Gasteiger partial charge >= 0.3 is 0 Å². The lowest BCUT2D eigenvalue weighted by Gasteiger charge is -2.28. The van der Waals surface area contributed by atoms with Gasteiger partial charge in [0.05, 0.1) is 17.6 Å². The summed E-state index contributed by atoms with van der Waals surface area (Å²) in [6, 6.07) is 2.54. The molecule has 4 heteroatoms. The molecule has 0 atom stereocenters. The van der Waals surface area contributed by atoms with Crippen LogP contribution in [0.25, 0.3) is 0 Å². The van der Waals surface area contributed by atoms with Crippen molar-refractivity contribution in [1.82, 2.24) is 4.98 Å². The van der Waals surface area contributed by atoms with Gasteiger partial charge in [0, 0.05) is 17.5 Å². The molecule has 0 aromatic carbocycles. The highest BCUT2D eigenvalue weighted by atomic mass is 32.2. The molecule has 3 N–H and O–H groups in total. The van der Waals surface area contributed by atoms with Crippen LogP contribution in [-0.4, -0.2) is 22.5 Å². The predicted octanol–water partition coefficient (Wildman–Crippen LogP) is 2.75.